The molecule has 1 heterocycles. The summed E-state index contributed by atoms with van der Waals surface area (Å²) in [7, 11) is 1.94. The summed E-state index contributed by atoms with van der Waals surface area (Å²) in [6.45, 7) is 2.01. The fraction of sp³-hybridized carbons (Fsp3) is 0.667. The molecule has 0 saturated heterocycles. The molecule has 0 spiro atoms. The van der Waals surface area contributed by atoms with Gasteiger partial charge in [0.2, 0.25) is 0 Å². The number of hydrogen-bond donors (Lipinski definition) is 2. The van der Waals surface area contributed by atoms with Gasteiger partial charge in [-0.25, -0.2) is 0 Å². The van der Waals surface area contributed by atoms with Crippen LogP contribution in [-0.2, 0) is 7.05 Å². The standard InChI is InChI=1S/C9H16N4/c1-13-9(4-5-12-13)11-7-6-10-8-2-3-8/h4-5,8,10-11H,2-3,6-7H2,1H3. The average Bonchev–Trinajstić information content (AvgIpc) is 2.86. The predicted octanol–water partition coefficient (Wildman–Crippen LogP) is 0.584. The Morgan fingerprint density at radius 3 is 3.00 bits per heavy atom. The van der Waals surface area contributed by atoms with Crippen molar-refractivity contribution in [1.82, 2.24) is 15.1 Å². The number of nitrogens with one attached hydrogen (secondary N) is 2. The number of aromatic nitrogens is 2. The van der Waals surface area contributed by atoms with Gasteiger partial charge in [-0.3, -0.25) is 4.68 Å². The van der Waals surface area contributed by atoms with Crippen LogP contribution in [0, 0.1) is 0 Å². The van der Waals surface area contributed by atoms with Crippen molar-refractivity contribution in [2.45, 2.75) is 18.9 Å². The van der Waals surface area contributed by atoms with Gasteiger partial charge >= 0.3 is 0 Å². The van der Waals surface area contributed by atoms with Gasteiger partial charge in [0.25, 0.3) is 0 Å². The second-order valence-corrected chi connectivity index (χ2v) is 3.50. The topological polar surface area (TPSA) is 41.9 Å². The number of anilines is 1. The van der Waals surface area contributed by atoms with E-state index in [0.29, 0.717) is 0 Å². The molecule has 1 aromatic rings. The first-order valence-electron chi connectivity index (χ1n) is 4.81. The molecular weight excluding hydrogens is 164 g/mol. The molecule has 0 bridgehead atoms. The maximum Gasteiger partial charge on any atom is 0.123 e. The Morgan fingerprint density at radius 2 is 2.38 bits per heavy atom. The van der Waals surface area contributed by atoms with Gasteiger partial charge in [0.15, 0.2) is 0 Å². The maximum absolute atomic E-state index is 4.08. The molecule has 1 aliphatic rings. The Kier molecular flexibility index (Phi) is 2.49. The Morgan fingerprint density at radius 1 is 1.54 bits per heavy atom. The van der Waals surface area contributed by atoms with Crippen molar-refractivity contribution in [3.8, 4) is 0 Å². The first-order chi connectivity index (χ1) is 6.36. The van der Waals surface area contributed by atoms with Gasteiger partial charge in [-0.2, -0.15) is 5.10 Å². The first kappa shape index (κ1) is 8.56. The van der Waals surface area contributed by atoms with Gasteiger partial charge in [-0.1, -0.05) is 0 Å². The highest BCUT2D eigenvalue weighted by Gasteiger charge is 2.19. The van der Waals surface area contributed by atoms with E-state index in [1.807, 2.05) is 17.8 Å². The molecule has 0 aliphatic heterocycles. The van der Waals surface area contributed by atoms with E-state index in [1.165, 1.54) is 12.8 Å². The lowest BCUT2D eigenvalue weighted by atomic mass is 10.5. The molecule has 4 nitrogen and oxygen atoms in total. The average molecular weight is 180 g/mol. The lowest BCUT2D eigenvalue weighted by Crippen LogP contribution is -2.24. The quantitative estimate of drug-likeness (QED) is 0.651. The zero-order valence-electron chi connectivity index (χ0n) is 7.95. The second kappa shape index (κ2) is 3.79. The lowest BCUT2D eigenvalue weighted by molar-refractivity contribution is 0.694. The first-order valence-corrected chi connectivity index (χ1v) is 4.81. The Balaban J connectivity index is 1.64. The molecule has 1 saturated carbocycles. The minimum absolute atomic E-state index is 0.799. The third-order valence-electron chi connectivity index (χ3n) is 2.26. The van der Waals surface area contributed by atoms with E-state index < -0.39 is 0 Å². The lowest BCUT2D eigenvalue weighted by Gasteiger charge is -2.06. The molecule has 1 fully saturated rings. The van der Waals surface area contributed by atoms with Crippen molar-refractivity contribution in [1.29, 1.82) is 0 Å². The predicted molar refractivity (Wildman–Crippen MR) is 52.7 cm³/mol. The van der Waals surface area contributed by atoms with E-state index in [1.54, 1.807) is 6.20 Å². The molecule has 72 valence electrons. The highest BCUT2D eigenvalue weighted by Crippen LogP contribution is 2.17. The molecule has 0 amide bonds. The highest BCUT2D eigenvalue weighted by atomic mass is 15.3. The fourth-order valence-corrected chi connectivity index (χ4v) is 1.30. The number of aryl methyl sites for hydroxylation is 1. The Bertz CT molecular complexity index is 264. The van der Waals surface area contributed by atoms with Crippen LogP contribution < -0.4 is 10.6 Å². The Labute approximate surface area is 78.3 Å². The maximum atomic E-state index is 4.08. The van der Waals surface area contributed by atoms with E-state index in [2.05, 4.69) is 15.7 Å². The smallest absolute Gasteiger partial charge is 0.123 e. The molecule has 4 heteroatoms. The molecule has 13 heavy (non-hydrogen) atoms. The molecule has 2 rings (SSSR count). The van der Waals surface area contributed by atoms with Crippen LogP contribution in [0.15, 0.2) is 12.3 Å². The molecule has 2 N–H and O–H groups in total. The molecule has 0 radical (unpaired) electrons. The van der Waals surface area contributed by atoms with Crippen LogP contribution >= 0.6 is 0 Å². The van der Waals surface area contributed by atoms with E-state index in [9.17, 15) is 0 Å². The summed E-state index contributed by atoms with van der Waals surface area (Å²) < 4.78 is 1.84. The zero-order valence-corrected chi connectivity index (χ0v) is 7.95. The summed E-state index contributed by atoms with van der Waals surface area (Å²) in [5.41, 5.74) is 0. The van der Waals surface area contributed by atoms with Crippen molar-refractivity contribution in [2.75, 3.05) is 18.4 Å². The zero-order chi connectivity index (χ0) is 9.10. The van der Waals surface area contributed by atoms with Crippen LogP contribution in [0.5, 0.6) is 0 Å². The SMILES string of the molecule is Cn1nccc1NCCNC1CC1. The van der Waals surface area contributed by atoms with E-state index in [-0.39, 0.29) is 0 Å². The van der Waals surface area contributed by atoms with Crippen molar-refractivity contribution in [3.05, 3.63) is 12.3 Å². The minimum Gasteiger partial charge on any atom is -0.369 e. The molecule has 0 atom stereocenters. The van der Waals surface area contributed by atoms with Crippen molar-refractivity contribution >= 4 is 5.82 Å². The summed E-state index contributed by atoms with van der Waals surface area (Å²) in [5, 5.41) is 10.8. The molecular formula is C9H16N4. The highest BCUT2D eigenvalue weighted by molar-refractivity contribution is 5.33. The van der Waals surface area contributed by atoms with Crippen molar-refractivity contribution < 1.29 is 0 Å². The Hall–Kier alpha value is -1.03. The van der Waals surface area contributed by atoms with E-state index >= 15 is 0 Å². The minimum atomic E-state index is 0.799. The van der Waals surface area contributed by atoms with Gasteiger partial charge in [-0.15, -0.1) is 0 Å². The normalized spacial score (nSPS) is 16.1. The van der Waals surface area contributed by atoms with Crippen LogP contribution in [0.3, 0.4) is 0 Å². The van der Waals surface area contributed by atoms with E-state index in [0.717, 1.165) is 24.9 Å². The second-order valence-electron chi connectivity index (χ2n) is 3.50. The molecule has 0 unspecified atom stereocenters. The van der Waals surface area contributed by atoms with Crippen LogP contribution in [0.4, 0.5) is 5.82 Å². The summed E-state index contributed by atoms with van der Waals surface area (Å²) >= 11 is 0. The van der Waals surface area contributed by atoms with E-state index in [4.69, 9.17) is 0 Å². The fourth-order valence-electron chi connectivity index (χ4n) is 1.30. The summed E-state index contributed by atoms with van der Waals surface area (Å²) in [6.07, 6.45) is 4.51. The summed E-state index contributed by atoms with van der Waals surface area (Å²) in [4.78, 5) is 0. The van der Waals surface area contributed by atoms with Crippen molar-refractivity contribution in [2.24, 2.45) is 7.05 Å². The third-order valence-corrected chi connectivity index (χ3v) is 2.26. The van der Waals surface area contributed by atoms with Gasteiger partial charge in [0.1, 0.15) is 5.82 Å². The third kappa shape index (κ3) is 2.45. The summed E-state index contributed by atoms with van der Waals surface area (Å²) in [6, 6.07) is 2.78. The monoisotopic (exact) mass is 180 g/mol. The van der Waals surface area contributed by atoms with Crippen LogP contribution in [0.2, 0.25) is 0 Å². The largest absolute Gasteiger partial charge is 0.369 e. The number of hydrogen-bond acceptors (Lipinski definition) is 3. The van der Waals surface area contributed by atoms with Crippen LogP contribution in [0.25, 0.3) is 0 Å². The van der Waals surface area contributed by atoms with Crippen LogP contribution in [0.1, 0.15) is 12.8 Å². The molecule has 1 aromatic heterocycles. The molecule has 1 aliphatic carbocycles. The van der Waals surface area contributed by atoms with Gasteiger partial charge in [0, 0.05) is 32.2 Å². The van der Waals surface area contributed by atoms with Gasteiger partial charge < -0.3 is 10.6 Å². The van der Waals surface area contributed by atoms with Crippen molar-refractivity contribution in [3.63, 3.8) is 0 Å². The van der Waals surface area contributed by atoms with Gasteiger partial charge in [-0.05, 0) is 12.8 Å². The van der Waals surface area contributed by atoms with Crippen LogP contribution in [-0.4, -0.2) is 28.9 Å². The van der Waals surface area contributed by atoms with Gasteiger partial charge in [0.05, 0.1) is 6.20 Å². The number of rotatable bonds is 5. The molecule has 0 aromatic carbocycles. The number of nitrogens with zero attached hydrogens (tertiary/aromatic N) is 2. The summed E-state index contributed by atoms with van der Waals surface area (Å²) in [5.74, 6) is 1.08.